The second-order valence-corrected chi connectivity index (χ2v) is 7.26. The summed E-state index contributed by atoms with van der Waals surface area (Å²) in [5.74, 6) is -0.688. The molecule has 1 aliphatic rings. The van der Waals surface area contributed by atoms with Crippen LogP contribution in [-0.2, 0) is 27.3 Å². The average Bonchev–Trinajstić information content (AvgIpc) is 3.26. The van der Waals surface area contributed by atoms with Gasteiger partial charge in [-0.05, 0) is 49.3 Å². The average molecular weight is 397 g/mol. The van der Waals surface area contributed by atoms with Crippen molar-refractivity contribution in [1.29, 1.82) is 0 Å². The van der Waals surface area contributed by atoms with Crippen LogP contribution in [0.25, 0.3) is 0 Å². The van der Waals surface area contributed by atoms with Crippen molar-refractivity contribution in [2.75, 3.05) is 0 Å². The number of ether oxygens (including phenoxy) is 1. The second-order valence-electron chi connectivity index (χ2n) is 7.26. The van der Waals surface area contributed by atoms with Crippen molar-refractivity contribution in [3.63, 3.8) is 0 Å². The summed E-state index contributed by atoms with van der Waals surface area (Å²) >= 11 is 0. The normalized spacial score (nSPS) is 15.1. The Kier molecular flexibility index (Phi) is 7.72. The maximum atomic E-state index is 12.8. The van der Waals surface area contributed by atoms with Crippen LogP contribution < -0.4 is 10.8 Å². The number of amides is 1. The second kappa shape index (κ2) is 10.7. The molecule has 3 N–H and O–H groups in total. The maximum absolute atomic E-state index is 12.8. The number of nitrogens with one attached hydrogen (secondary N) is 2. The standard InChI is InChI=1S/C22H27N3O4/c26-20(25-28)13-12-18-11-10-16(14-23-18)15-24-21(17-6-2-1-3-7-17)22(27)29-19-8-4-5-9-19/h1-3,6-7,10-11,14,19,21,24,28H,4-5,8-9,12-13,15H2,(H,25,26)/t21-/m0/s1. The van der Waals surface area contributed by atoms with Crippen LogP contribution in [0.2, 0.25) is 0 Å². The van der Waals surface area contributed by atoms with Gasteiger partial charge in [0, 0.05) is 24.9 Å². The van der Waals surface area contributed by atoms with Crippen molar-refractivity contribution in [2.24, 2.45) is 0 Å². The first kappa shape index (κ1) is 21.0. The summed E-state index contributed by atoms with van der Waals surface area (Å²) in [6.07, 6.45) is 6.46. The number of nitrogens with zero attached hydrogens (tertiary/aromatic N) is 1. The Morgan fingerprint density at radius 3 is 2.55 bits per heavy atom. The molecule has 1 aromatic heterocycles. The Morgan fingerprint density at radius 1 is 1.14 bits per heavy atom. The van der Waals surface area contributed by atoms with Gasteiger partial charge >= 0.3 is 5.97 Å². The highest BCUT2D eigenvalue weighted by atomic mass is 16.5. The molecular weight excluding hydrogens is 370 g/mol. The van der Waals surface area contributed by atoms with Crippen LogP contribution in [0.4, 0.5) is 0 Å². The predicted octanol–water partition coefficient (Wildman–Crippen LogP) is 2.84. The first-order chi connectivity index (χ1) is 14.2. The summed E-state index contributed by atoms with van der Waals surface area (Å²) in [5, 5.41) is 11.8. The van der Waals surface area contributed by atoms with Gasteiger partial charge in [0.1, 0.15) is 12.1 Å². The van der Waals surface area contributed by atoms with Gasteiger partial charge in [-0.1, -0.05) is 36.4 Å². The quantitative estimate of drug-likeness (QED) is 0.342. The third-order valence-electron chi connectivity index (χ3n) is 5.08. The minimum Gasteiger partial charge on any atom is -0.461 e. The van der Waals surface area contributed by atoms with E-state index in [1.54, 1.807) is 11.7 Å². The van der Waals surface area contributed by atoms with E-state index < -0.39 is 11.9 Å². The van der Waals surface area contributed by atoms with Crippen molar-refractivity contribution in [1.82, 2.24) is 15.8 Å². The minimum atomic E-state index is -0.537. The van der Waals surface area contributed by atoms with Crippen molar-refractivity contribution in [3.8, 4) is 0 Å². The van der Waals surface area contributed by atoms with Crippen molar-refractivity contribution in [3.05, 3.63) is 65.5 Å². The van der Waals surface area contributed by atoms with E-state index in [2.05, 4.69) is 10.3 Å². The first-order valence-electron chi connectivity index (χ1n) is 10.0. The molecule has 29 heavy (non-hydrogen) atoms. The van der Waals surface area contributed by atoms with Crippen LogP contribution >= 0.6 is 0 Å². The molecule has 0 radical (unpaired) electrons. The van der Waals surface area contributed by atoms with Crippen molar-refractivity contribution in [2.45, 2.75) is 57.2 Å². The van der Waals surface area contributed by atoms with E-state index in [1.807, 2.05) is 42.5 Å². The fourth-order valence-electron chi connectivity index (χ4n) is 3.45. The van der Waals surface area contributed by atoms with Crippen molar-refractivity contribution >= 4 is 11.9 Å². The Labute approximate surface area is 170 Å². The Hall–Kier alpha value is -2.77. The molecule has 0 saturated heterocycles. The lowest BCUT2D eigenvalue weighted by atomic mass is 10.1. The molecule has 1 fully saturated rings. The summed E-state index contributed by atoms with van der Waals surface area (Å²) in [5.41, 5.74) is 4.17. The van der Waals surface area contributed by atoms with Gasteiger partial charge in [0.2, 0.25) is 5.91 Å². The van der Waals surface area contributed by atoms with Crippen LogP contribution in [0, 0.1) is 0 Å². The molecule has 1 amide bonds. The number of aromatic nitrogens is 1. The molecule has 1 saturated carbocycles. The van der Waals surface area contributed by atoms with E-state index >= 15 is 0 Å². The summed E-state index contributed by atoms with van der Waals surface area (Å²) in [6, 6.07) is 12.8. The predicted molar refractivity (Wildman–Crippen MR) is 107 cm³/mol. The third-order valence-corrected chi connectivity index (χ3v) is 5.08. The van der Waals surface area contributed by atoms with Gasteiger partial charge in [-0.2, -0.15) is 0 Å². The molecular formula is C22H27N3O4. The number of hydrogen-bond donors (Lipinski definition) is 3. The van der Waals surface area contributed by atoms with Gasteiger partial charge in [-0.25, -0.2) is 10.3 Å². The summed E-state index contributed by atoms with van der Waals surface area (Å²) in [4.78, 5) is 28.2. The topological polar surface area (TPSA) is 101 Å². The zero-order chi connectivity index (χ0) is 20.5. The summed E-state index contributed by atoms with van der Waals surface area (Å²) < 4.78 is 5.73. The van der Waals surface area contributed by atoms with E-state index in [0.717, 1.165) is 42.5 Å². The number of hydrogen-bond acceptors (Lipinski definition) is 6. The summed E-state index contributed by atoms with van der Waals surface area (Å²) in [6.45, 7) is 0.462. The van der Waals surface area contributed by atoms with E-state index in [1.165, 1.54) is 0 Å². The van der Waals surface area contributed by atoms with Gasteiger partial charge in [0.05, 0.1) is 0 Å². The SMILES string of the molecule is O=C(CCc1ccc(CN[C@H](C(=O)OC2CCCC2)c2ccccc2)cn1)NO. The number of rotatable bonds is 9. The molecule has 0 spiro atoms. The highest BCUT2D eigenvalue weighted by molar-refractivity contribution is 5.78. The fraction of sp³-hybridized carbons (Fsp3) is 0.409. The summed E-state index contributed by atoms with van der Waals surface area (Å²) in [7, 11) is 0. The largest absolute Gasteiger partial charge is 0.461 e. The van der Waals surface area contributed by atoms with Crippen LogP contribution in [0.3, 0.4) is 0 Å². The number of esters is 1. The zero-order valence-electron chi connectivity index (χ0n) is 16.3. The molecule has 0 bridgehead atoms. The first-order valence-corrected chi connectivity index (χ1v) is 10.0. The molecule has 2 aromatic rings. The number of aryl methyl sites for hydroxylation is 1. The Balaban J connectivity index is 1.60. The molecule has 1 aromatic carbocycles. The van der Waals surface area contributed by atoms with E-state index in [0.29, 0.717) is 13.0 Å². The number of pyridine rings is 1. The van der Waals surface area contributed by atoms with Gasteiger partial charge in [0.15, 0.2) is 0 Å². The molecule has 7 heteroatoms. The maximum Gasteiger partial charge on any atom is 0.328 e. The minimum absolute atomic E-state index is 0.0209. The van der Waals surface area contributed by atoms with Crippen LogP contribution in [0.5, 0.6) is 0 Å². The highest BCUT2D eigenvalue weighted by Gasteiger charge is 2.26. The van der Waals surface area contributed by atoms with Gasteiger partial charge < -0.3 is 4.74 Å². The van der Waals surface area contributed by atoms with Gasteiger partial charge in [-0.3, -0.25) is 20.3 Å². The Bertz CT molecular complexity index is 789. The number of carbonyl (C=O) groups excluding carboxylic acids is 2. The van der Waals surface area contributed by atoms with E-state index in [-0.39, 0.29) is 18.5 Å². The van der Waals surface area contributed by atoms with Crippen LogP contribution in [-0.4, -0.2) is 28.2 Å². The van der Waals surface area contributed by atoms with Gasteiger partial charge in [0.25, 0.3) is 0 Å². The smallest absolute Gasteiger partial charge is 0.328 e. The molecule has 1 atom stereocenters. The van der Waals surface area contributed by atoms with Crippen LogP contribution in [0.1, 0.15) is 55.0 Å². The zero-order valence-corrected chi connectivity index (χ0v) is 16.3. The number of carbonyl (C=O) groups is 2. The lowest BCUT2D eigenvalue weighted by Crippen LogP contribution is -2.32. The molecule has 154 valence electrons. The molecule has 0 aliphatic heterocycles. The molecule has 1 heterocycles. The lowest BCUT2D eigenvalue weighted by Gasteiger charge is -2.20. The fourth-order valence-corrected chi connectivity index (χ4v) is 3.45. The molecule has 7 nitrogen and oxygen atoms in total. The molecule has 1 aliphatic carbocycles. The van der Waals surface area contributed by atoms with E-state index in [4.69, 9.17) is 9.94 Å². The molecule has 0 unspecified atom stereocenters. The van der Waals surface area contributed by atoms with E-state index in [9.17, 15) is 9.59 Å². The van der Waals surface area contributed by atoms with Gasteiger partial charge in [-0.15, -0.1) is 0 Å². The Morgan fingerprint density at radius 2 is 1.90 bits per heavy atom. The lowest BCUT2D eigenvalue weighted by molar-refractivity contribution is -0.151. The van der Waals surface area contributed by atoms with Crippen molar-refractivity contribution < 1.29 is 19.5 Å². The highest BCUT2D eigenvalue weighted by Crippen LogP contribution is 2.24. The monoisotopic (exact) mass is 397 g/mol. The molecule has 3 rings (SSSR count). The van der Waals surface area contributed by atoms with Crippen LogP contribution in [0.15, 0.2) is 48.7 Å². The third kappa shape index (κ3) is 6.37. The number of hydroxylamine groups is 1. The number of benzene rings is 1.